The third-order valence-electron chi connectivity index (χ3n) is 10.5. The van der Waals surface area contributed by atoms with E-state index in [1.807, 2.05) is 0 Å². The minimum Gasteiger partial charge on any atom is -0.495 e. The van der Waals surface area contributed by atoms with Gasteiger partial charge in [-0.25, -0.2) is 0 Å². The minimum absolute atomic E-state index is 0.00896. The molecule has 5 heteroatoms. The van der Waals surface area contributed by atoms with Crippen LogP contribution in [0.3, 0.4) is 0 Å². The maximum absolute atomic E-state index is 12.5. The lowest BCUT2D eigenvalue weighted by molar-refractivity contribution is -0.159. The minimum atomic E-state index is -0.00896. The van der Waals surface area contributed by atoms with Crippen molar-refractivity contribution < 1.29 is 14.3 Å². The van der Waals surface area contributed by atoms with Crippen molar-refractivity contribution in [3.05, 3.63) is 11.3 Å². The second kappa shape index (κ2) is 12.8. The Morgan fingerprint density at radius 1 is 0.641 bits per heavy atom. The topological polar surface area (TPSA) is 42.0 Å². The Morgan fingerprint density at radius 2 is 1.03 bits per heavy atom. The van der Waals surface area contributed by atoms with Crippen LogP contribution in [-0.2, 0) is 14.3 Å². The highest BCUT2D eigenvalue weighted by atomic mass is 16.5. The smallest absolute Gasteiger partial charge is 0.306 e. The van der Waals surface area contributed by atoms with Gasteiger partial charge in [-0.1, -0.05) is 25.7 Å². The number of piperidine rings is 2. The first-order valence-electron chi connectivity index (χ1n) is 16.1. The first kappa shape index (κ1) is 32.4. The number of unbranched alkanes of at least 4 members (excludes halogenated alkanes) is 5. The SMILES string of the molecule is CN1C(C)(C)CC(OC(=O)CCCCCCCCC(OC2CC(C)(C)N(C)C(C)(C)C2)=C2CCC2)CC1(C)C. The highest BCUT2D eigenvalue weighted by Gasteiger charge is 2.45. The molecule has 0 aromatic rings. The van der Waals surface area contributed by atoms with E-state index in [1.54, 1.807) is 5.57 Å². The van der Waals surface area contributed by atoms with Crippen molar-refractivity contribution in [1.29, 1.82) is 0 Å². The largest absolute Gasteiger partial charge is 0.495 e. The van der Waals surface area contributed by atoms with E-state index in [4.69, 9.17) is 9.47 Å². The third kappa shape index (κ3) is 8.71. The van der Waals surface area contributed by atoms with Crippen molar-refractivity contribution >= 4 is 5.97 Å². The molecule has 2 aliphatic heterocycles. The number of allylic oxidation sites excluding steroid dienone is 2. The number of carbonyl (C=O) groups excluding carboxylic acids is 1. The molecule has 1 saturated carbocycles. The molecule has 39 heavy (non-hydrogen) atoms. The molecule has 0 aromatic carbocycles. The molecule has 0 radical (unpaired) electrons. The van der Waals surface area contributed by atoms with Crippen LogP contribution < -0.4 is 0 Å². The fraction of sp³-hybridized carbons (Fsp3) is 0.912. The second-order valence-corrected chi connectivity index (χ2v) is 15.5. The van der Waals surface area contributed by atoms with Gasteiger partial charge in [0.15, 0.2) is 0 Å². The molecule has 3 rings (SSSR count). The molecule has 0 unspecified atom stereocenters. The Morgan fingerprint density at radius 3 is 1.44 bits per heavy atom. The molecule has 2 saturated heterocycles. The molecule has 3 fully saturated rings. The van der Waals surface area contributed by atoms with Crippen LogP contribution in [-0.4, -0.2) is 64.2 Å². The van der Waals surface area contributed by atoms with Crippen LogP contribution >= 0.6 is 0 Å². The highest BCUT2D eigenvalue weighted by Crippen LogP contribution is 2.41. The van der Waals surface area contributed by atoms with E-state index in [9.17, 15) is 4.79 Å². The molecule has 0 aromatic heterocycles. The second-order valence-electron chi connectivity index (χ2n) is 15.5. The Hall–Kier alpha value is -1.07. The zero-order valence-corrected chi connectivity index (χ0v) is 27.4. The fourth-order valence-electron chi connectivity index (χ4n) is 7.39. The Balaban J connectivity index is 1.31. The van der Waals surface area contributed by atoms with Crippen molar-refractivity contribution in [2.24, 2.45) is 0 Å². The Labute approximate surface area is 241 Å². The summed E-state index contributed by atoms with van der Waals surface area (Å²) in [5.74, 6) is 1.32. The summed E-state index contributed by atoms with van der Waals surface area (Å²) in [7, 11) is 4.45. The number of esters is 1. The van der Waals surface area contributed by atoms with Gasteiger partial charge in [0.1, 0.15) is 12.2 Å². The summed E-state index contributed by atoms with van der Waals surface area (Å²) in [6.45, 7) is 18.4. The normalized spacial score (nSPS) is 25.2. The first-order chi connectivity index (χ1) is 18.0. The molecule has 0 atom stereocenters. The van der Waals surface area contributed by atoms with Gasteiger partial charge in [-0.15, -0.1) is 0 Å². The van der Waals surface area contributed by atoms with E-state index < -0.39 is 0 Å². The molecular weight excluding hydrogens is 484 g/mol. The zero-order valence-electron chi connectivity index (χ0n) is 27.4. The van der Waals surface area contributed by atoms with Gasteiger partial charge in [-0.3, -0.25) is 14.6 Å². The molecule has 1 aliphatic carbocycles. The van der Waals surface area contributed by atoms with E-state index in [0.29, 0.717) is 12.5 Å². The number of ether oxygens (including phenoxy) is 2. The number of hydrogen-bond donors (Lipinski definition) is 0. The van der Waals surface area contributed by atoms with Crippen LogP contribution in [0.5, 0.6) is 0 Å². The lowest BCUT2D eigenvalue weighted by Gasteiger charge is -2.53. The monoisotopic (exact) mass is 546 g/mol. The summed E-state index contributed by atoms with van der Waals surface area (Å²) in [6, 6.07) is 0. The van der Waals surface area contributed by atoms with Gasteiger partial charge < -0.3 is 9.47 Å². The van der Waals surface area contributed by atoms with Crippen LogP contribution in [0, 0.1) is 0 Å². The Bertz CT molecular complexity index is 815. The van der Waals surface area contributed by atoms with E-state index in [-0.39, 0.29) is 34.2 Å². The first-order valence-corrected chi connectivity index (χ1v) is 16.1. The van der Waals surface area contributed by atoms with E-state index >= 15 is 0 Å². The van der Waals surface area contributed by atoms with Crippen LogP contribution in [0.4, 0.5) is 0 Å². The van der Waals surface area contributed by atoms with Crippen molar-refractivity contribution in [3.8, 4) is 0 Å². The highest BCUT2D eigenvalue weighted by molar-refractivity contribution is 5.69. The van der Waals surface area contributed by atoms with Crippen molar-refractivity contribution in [1.82, 2.24) is 9.80 Å². The predicted molar refractivity (Wildman–Crippen MR) is 163 cm³/mol. The fourth-order valence-corrected chi connectivity index (χ4v) is 7.39. The maximum atomic E-state index is 12.5. The van der Waals surface area contributed by atoms with Crippen molar-refractivity contribution in [2.75, 3.05) is 14.1 Å². The van der Waals surface area contributed by atoms with Gasteiger partial charge >= 0.3 is 5.97 Å². The molecule has 226 valence electrons. The average molecular weight is 547 g/mol. The van der Waals surface area contributed by atoms with E-state index in [0.717, 1.165) is 44.9 Å². The van der Waals surface area contributed by atoms with E-state index in [1.165, 1.54) is 50.7 Å². The molecule has 0 spiro atoms. The van der Waals surface area contributed by atoms with Crippen LogP contribution in [0.1, 0.15) is 152 Å². The average Bonchev–Trinajstić information content (AvgIpc) is 2.75. The molecule has 3 aliphatic rings. The number of hydrogen-bond acceptors (Lipinski definition) is 5. The number of nitrogens with zero attached hydrogens (tertiary/aromatic N) is 2. The lowest BCUT2D eigenvalue weighted by Crippen LogP contribution is -2.60. The summed E-state index contributed by atoms with van der Waals surface area (Å²) in [5, 5.41) is 0. The molecule has 0 bridgehead atoms. The van der Waals surface area contributed by atoms with E-state index in [2.05, 4.69) is 79.3 Å². The molecule has 0 N–H and O–H groups in total. The molecule has 5 nitrogen and oxygen atoms in total. The quantitative estimate of drug-likeness (QED) is 0.140. The van der Waals surface area contributed by atoms with Crippen molar-refractivity contribution in [3.63, 3.8) is 0 Å². The Kier molecular flexibility index (Phi) is 10.7. The van der Waals surface area contributed by atoms with Gasteiger partial charge in [0.25, 0.3) is 0 Å². The summed E-state index contributed by atoms with van der Waals surface area (Å²) < 4.78 is 12.7. The summed E-state index contributed by atoms with van der Waals surface area (Å²) in [5.41, 5.74) is 2.00. The predicted octanol–water partition coefficient (Wildman–Crippen LogP) is 8.41. The molecule has 2 heterocycles. The summed E-state index contributed by atoms with van der Waals surface area (Å²) >= 11 is 0. The zero-order chi connectivity index (χ0) is 29.1. The number of likely N-dealkylation sites (tertiary alicyclic amines) is 2. The van der Waals surface area contributed by atoms with Gasteiger partial charge in [0.05, 0.1) is 5.76 Å². The van der Waals surface area contributed by atoms with Crippen LogP contribution in [0.15, 0.2) is 11.3 Å². The molecular formula is C34H62N2O3. The summed E-state index contributed by atoms with van der Waals surface area (Å²) in [6.07, 6.45) is 16.8. The number of carbonyl (C=O) groups is 1. The maximum Gasteiger partial charge on any atom is 0.306 e. The van der Waals surface area contributed by atoms with Crippen molar-refractivity contribution in [2.45, 2.75) is 186 Å². The van der Waals surface area contributed by atoms with Crippen LogP contribution in [0.2, 0.25) is 0 Å². The van der Waals surface area contributed by atoms with Crippen LogP contribution in [0.25, 0.3) is 0 Å². The lowest BCUT2D eigenvalue weighted by atomic mass is 9.78. The van der Waals surface area contributed by atoms with Gasteiger partial charge in [0.2, 0.25) is 0 Å². The molecule has 0 amide bonds. The van der Waals surface area contributed by atoms with Gasteiger partial charge in [-0.05, 0) is 107 Å². The number of rotatable bonds is 12. The summed E-state index contributed by atoms with van der Waals surface area (Å²) in [4.78, 5) is 17.5. The standard InChI is InChI=1S/C34H62N2O3/c1-31(2)22-27(23-32(3,4)35(31)9)38-29(26-18-17-19-26)20-15-13-11-12-14-16-21-30(37)39-28-24-33(5,6)36(10)34(7,8)25-28/h27-28H,11-25H2,1-10H3. The van der Waals surface area contributed by atoms with Gasteiger partial charge in [0, 0.05) is 60.7 Å². The van der Waals surface area contributed by atoms with Gasteiger partial charge in [-0.2, -0.15) is 0 Å². The third-order valence-corrected chi connectivity index (χ3v) is 10.5.